The molecule has 1 N–H and O–H groups in total. The Balaban J connectivity index is 1.58. The third-order valence-corrected chi connectivity index (χ3v) is 4.74. The molecule has 0 aromatic heterocycles. The number of nitrogens with one attached hydrogen (secondary N) is 1. The molecule has 0 amide bonds. The minimum Gasteiger partial charge on any atom is -0.486 e. The maximum atomic E-state index is 6.10. The zero-order valence-corrected chi connectivity index (χ0v) is 13.6. The highest BCUT2D eigenvalue weighted by molar-refractivity contribution is 5.42. The minimum absolute atomic E-state index is 0.170. The normalized spacial score (nSPS) is 25.6. The van der Waals surface area contributed by atoms with Crippen molar-refractivity contribution < 1.29 is 4.74 Å². The van der Waals surface area contributed by atoms with Crippen LogP contribution in [0.25, 0.3) is 0 Å². The third kappa shape index (κ3) is 3.24. The molecule has 3 nitrogen and oxygen atoms in total. The second-order valence-corrected chi connectivity index (χ2v) is 7.20. The van der Waals surface area contributed by atoms with E-state index in [4.69, 9.17) is 4.74 Å². The minimum atomic E-state index is -0.170. The van der Waals surface area contributed by atoms with Gasteiger partial charge < -0.3 is 15.0 Å². The second kappa shape index (κ2) is 5.98. The Kier molecular flexibility index (Phi) is 4.23. The van der Waals surface area contributed by atoms with E-state index in [0.717, 1.165) is 12.3 Å². The number of rotatable bonds is 5. The molecule has 116 valence electrons. The summed E-state index contributed by atoms with van der Waals surface area (Å²) in [5.74, 6) is 1.71. The Bertz CT molecular complexity index is 480. The van der Waals surface area contributed by atoms with Gasteiger partial charge in [0, 0.05) is 12.1 Å². The van der Waals surface area contributed by atoms with Crippen LogP contribution in [0.2, 0.25) is 0 Å². The molecule has 2 atom stereocenters. The lowest BCUT2D eigenvalue weighted by molar-refractivity contribution is 0.0939. The smallest absolute Gasteiger partial charge is 0.125 e. The van der Waals surface area contributed by atoms with Gasteiger partial charge in [-0.1, -0.05) is 25.1 Å². The summed E-state index contributed by atoms with van der Waals surface area (Å²) in [6, 6.07) is 8.70. The highest BCUT2D eigenvalue weighted by atomic mass is 16.5. The first-order valence-corrected chi connectivity index (χ1v) is 8.30. The molecule has 2 heterocycles. The molecule has 3 rings (SSSR count). The second-order valence-electron chi connectivity index (χ2n) is 7.20. The van der Waals surface area contributed by atoms with Crippen LogP contribution in [0.5, 0.6) is 5.75 Å². The monoisotopic (exact) mass is 288 g/mol. The molecule has 2 unspecified atom stereocenters. The third-order valence-electron chi connectivity index (χ3n) is 4.74. The first kappa shape index (κ1) is 14.9. The first-order valence-electron chi connectivity index (χ1n) is 8.30. The van der Waals surface area contributed by atoms with Crippen molar-refractivity contribution in [1.82, 2.24) is 10.2 Å². The zero-order valence-electron chi connectivity index (χ0n) is 13.6. The van der Waals surface area contributed by atoms with Gasteiger partial charge in [-0.25, -0.2) is 0 Å². The van der Waals surface area contributed by atoms with Crippen molar-refractivity contribution >= 4 is 0 Å². The quantitative estimate of drug-likeness (QED) is 0.900. The highest BCUT2D eigenvalue weighted by Gasteiger charge is 2.40. The Labute approximate surface area is 128 Å². The zero-order chi connectivity index (χ0) is 14.9. The van der Waals surface area contributed by atoms with E-state index >= 15 is 0 Å². The van der Waals surface area contributed by atoms with E-state index in [1.165, 1.54) is 38.0 Å². The van der Waals surface area contributed by atoms with Crippen molar-refractivity contribution in [3.63, 3.8) is 0 Å². The molecule has 0 spiro atoms. The SMILES string of the molecule is CC(CNC1c2ccccc2OC1(C)C)CN1CCCC1. The van der Waals surface area contributed by atoms with E-state index in [9.17, 15) is 0 Å². The number of fused-ring (bicyclic) bond motifs is 1. The van der Waals surface area contributed by atoms with Gasteiger partial charge in [-0.2, -0.15) is 0 Å². The topological polar surface area (TPSA) is 24.5 Å². The van der Waals surface area contributed by atoms with E-state index < -0.39 is 0 Å². The predicted octanol–water partition coefficient (Wildman–Crippen LogP) is 3.22. The van der Waals surface area contributed by atoms with Crippen LogP contribution >= 0.6 is 0 Å². The number of likely N-dealkylation sites (tertiary alicyclic amines) is 1. The van der Waals surface area contributed by atoms with Crippen molar-refractivity contribution in [1.29, 1.82) is 0 Å². The van der Waals surface area contributed by atoms with Gasteiger partial charge in [-0.15, -0.1) is 0 Å². The Morgan fingerprint density at radius 3 is 2.76 bits per heavy atom. The number of ether oxygens (including phenoxy) is 1. The molecule has 1 aromatic carbocycles. The summed E-state index contributed by atoms with van der Waals surface area (Å²) < 4.78 is 6.10. The van der Waals surface area contributed by atoms with E-state index in [2.05, 4.69) is 49.2 Å². The fourth-order valence-corrected chi connectivity index (χ4v) is 3.67. The molecule has 0 bridgehead atoms. The Hall–Kier alpha value is -1.06. The molecule has 21 heavy (non-hydrogen) atoms. The Morgan fingerprint density at radius 1 is 1.29 bits per heavy atom. The van der Waals surface area contributed by atoms with Crippen LogP contribution in [0.1, 0.15) is 45.2 Å². The van der Waals surface area contributed by atoms with Crippen LogP contribution in [0, 0.1) is 5.92 Å². The van der Waals surface area contributed by atoms with Crippen LogP contribution < -0.4 is 10.1 Å². The summed E-state index contributed by atoms with van der Waals surface area (Å²) in [6.07, 6.45) is 2.74. The van der Waals surface area contributed by atoms with Gasteiger partial charge in [0.05, 0.1) is 6.04 Å². The van der Waals surface area contributed by atoms with Crippen molar-refractivity contribution in [2.24, 2.45) is 5.92 Å². The van der Waals surface area contributed by atoms with Gasteiger partial charge in [0.25, 0.3) is 0 Å². The number of hydrogen-bond acceptors (Lipinski definition) is 3. The van der Waals surface area contributed by atoms with E-state index in [0.29, 0.717) is 5.92 Å². The van der Waals surface area contributed by atoms with Crippen molar-refractivity contribution in [2.45, 2.75) is 45.3 Å². The molecule has 0 saturated carbocycles. The van der Waals surface area contributed by atoms with Crippen LogP contribution in [0.15, 0.2) is 24.3 Å². The van der Waals surface area contributed by atoms with Gasteiger partial charge >= 0.3 is 0 Å². The molecule has 3 heteroatoms. The predicted molar refractivity (Wildman–Crippen MR) is 86.7 cm³/mol. The number of hydrogen-bond donors (Lipinski definition) is 1. The summed E-state index contributed by atoms with van der Waals surface area (Å²) >= 11 is 0. The average Bonchev–Trinajstić information content (AvgIpc) is 3.01. The average molecular weight is 288 g/mol. The summed E-state index contributed by atoms with van der Waals surface area (Å²) in [6.45, 7) is 11.5. The number of para-hydroxylation sites is 1. The summed E-state index contributed by atoms with van der Waals surface area (Å²) in [4.78, 5) is 2.59. The van der Waals surface area contributed by atoms with E-state index in [1.807, 2.05) is 6.07 Å². The molecule has 2 aliphatic rings. The molecule has 2 aliphatic heterocycles. The molecule has 1 saturated heterocycles. The molecule has 1 fully saturated rings. The summed E-state index contributed by atoms with van der Waals surface area (Å²) in [5.41, 5.74) is 1.13. The lowest BCUT2D eigenvalue weighted by Crippen LogP contribution is -2.42. The molecular weight excluding hydrogens is 260 g/mol. The number of nitrogens with zero attached hydrogens (tertiary/aromatic N) is 1. The molecule has 1 aromatic rings. The Morgan fingerprint density at radius 2 is 2.00 bits per heavy atom. The molecular formula is C18H28N2O. The lowest BCUT2D eigenvalue weighted by atomic mass is 9.94. The van der Waals surface area contributed by atoms with Crippen molar-refractivity contribution in [2.75, 3.05) is 26.2 Å². The van der Waals surface area contributed by atoms with Gasteiger partial charge in [0.2, 0.25) is 0 Å². The summed E-state index contributed by atoms with van der Waals surface area (Å²) in [5, 5.41) is 3.75. The number of benzene rings is 1. The maximum absolute atomic E-state index is 6.10. The fraction of sp³-hybridized carbons (Fsp3) is 0.667. The first-order chi connectivity index (χ1) is 10.1. The van der Waals surface area contributed by atoms with Gasteiger partial charge in [0.15, 0.2) is 0 Å². The van der Waals surface area contributed by atoms with Crippen molar-refractivity contribution in [3.8, 4) is 5.75 Å². The highest BCUT2D eigenvalue weighted by Crippen LogP contribution is 2.42. The standard InChI is InChI=1S/C18H28N2O/c1-14(13-20-10-6-7-11-20)12-19-17-15-8-4-5-9-16(15)21-18(17,2)3/h4-5,8-9,14,17,19H,6-7,10-13H2,1-3H3. The van der Waals surface area contributed by atoms with Gasteiger partial charge in [0.1, 0.15) is 11.4 Å². The maximum Gasteiger partial charge on any atom is 0.125 e. The van der Waals surface area contributed by atoms with E-state index in [-0.39, 0.29) is 11.6 Å². The van der Waals surface area contributed by atoms with Crippen LogP contribution in [0.4, 0.5) is 0 Å². The molecule has 0 aliphatic carbocycles. The van der Waals surface area contributed by atoms with Crippen LogP contribution in [-0.2, 0) is 0 Å². The van der Waals surface area contributed by atoms with E-state index in [1.54, 1.807) is 0 Å². The largest absolute Gasteiger partial charge is 0.486 e. The molecule has 0 radical (unpaired) electrons. The van der Waals surface area contributed by atoms with Crippen LogP contribution in [-0.4, -0.2) is 36.7 Å². The van der Waals surface area contributed by atoms with Gasteiger partial charge in [-0.3, -0.25) is 0 Å². The fourth-order valence-electron chi connectivity index (χ4n) is 3.67. The van der Waals surface area contributed by atoms with Crippen molar-refractivity contribution in [3.05, 3.63) is 29.8 Å². The van der Waals surface area contributed by atoms with Crippen LogP contribution in [0.3, 0.4) is 0 Å². The summed E-state index contributed by atoms with van der Waals surface area (Å²) in [7, 11) is 0. The lowest BCUT2D eigenvalue weighted by Gasteiger charge is -2.29. The van der Waals surface area contributed by atoms with Gasteiger partial charge in [-0.05, 0) is 58.3 Å².